The quantitative estimate of drug-likeness (QED) is 0.820. The first-order chi connectivity index (χ1) is 10.3. The minimum Gasteiger partial charge on any atom is -0.298 e. The predicted octanol–water partition coefficient (Wildman–Crippen LogP) is 3.76. The molecule has 1 saturated heterocycles. The molecule has 0 amide bonds. The van der Waals surface area contributed by atoms with Gasteiger partial charge in [0.2, 0.25) is 0 Å². The van der Waals surface area contributed by atoms with Crippen molar-refractivity contribution >= 4 is 15.9 Å². The lowest BCUT2D eigenvalue weighted by Gasteiger charge is -2.41. The molecule has 2 saturated carbocycles. The second kappa shape index (κ2) is 6.02. The molecule has 0 aromatic heterocycles. The maximum atomic E-state index is 3.51. The molecule has 3 heteroatoms. The molecule has 0 N–H and O–H groups in total. The average molecular weight is 349 g/mol. The summed E-state index contributed by atoms with van der Waals surface area (Å²) in [4.78, 5) is 5.43. The molecule has 1 aromatic carbocycles. The molecule has 2 bridgehead atoms. The Hall–Kier alpha value is -0.380. The van der Waals surface area contributed by atoms with Gasteiger partial charge in [-0.2, -0.15) is 0 Å². The Bertz CT molecular complexity index is 478. The topological polar surface area (TPSA) is 6.48 Å². The third-order valence-electron chi connectivity index (χ3n) is 5.90. The number of hydrogen-bond acceptors (Lipinski definition) is 2. The Morgan fingerprint density at radius 1 is 0.952 bits per heavy atom. The van der Waals surface area contributed by atoms with E-state index in [2.05, 4.69) is 50.0 Å². The van der Waals surface area contributed by atoms with Crippen molar-refractivity contribution in [1.29, 1.82) is 0 Å². The molecule has 4 rings (SSSR count). The van der Waals surface area contributed by atoms with E-state index in [1.54, 1.807) is 0 Å². The summed E-state index contributed by atoms with van der Waals surface area (Å²) in [6, 6.07) is 9.72. The molecule has 2 aliphatic carbocycles. The zero-order valence-corrected chi connectivity index (χ0v) is 14.3. The van der Waals surface area contributed by atoms with Gasteiger partial charge >= 0.3 is 0 Å². The van der Waals surface area contributed by atoms with Crippen LogP contribution in [0.5, 0.6) is 0 Å². The van der Waals surface area contributed by atoms with Crippen LogP contribution >= 0.6 is 15.9 Å². The van der Waals surface area contributed by atoms with Gasteiger partial charge in [-0.3, -0.25) is 9.80 Å². The van der Waals surface area contributed by atoms with E-state index in [9.17, 15) is 0 Å². The summed E-state index contributed by atoms with van der Waals surface area (Å²) in [6.07, 6.45) is 6.06. The average Bonchev–Trinajstić information content (AvgIpc) is 3.13. The zero-order valence-electron chi connectivity index (χ0n) is 12.7. The maximum Gasteiger partial charge on any atom is 0.0234 e. The summed E-state index contributed by atoms with van der Waals surface area (Å²) >= 11 is 3.51. The summed E-state index contributed by atoms with van der Waals surface area (Å²) in [5.41, 5.74) is 1.44. The van der Waals surface area contributed by atoms with E-state index in [4.69, 9.17) is 0 Å². The highest BCUT2D eigenvalue weighted by Crippen LogP contribution is 2.46. The first kappa shape index (κ1) is 14.2. The molecule has 0 radical (unpaired) electrons. The summed E-state index contributed by atoms with van der Waals surface area (Å²) in [5.74, 6) is 2.11. The molecule has 1 aromatic rings. The molecule has 114 valence electrons. The number of rotatable bonds is 3. The molecule has 3 aliphatic rings. The van der Waals surface area contributed by atoms with Gasteiger partial charge in [-0.15, -0.1) is 0 Å². The minimum absolute atomic E-state index is 0.929. The van der Waals surface area contributed by atoms with Crippen molar-refractivity contribution in [3.05, 3.63) is 34.3 Å². The molecule has 0 spiro atoms. The highest BCUT2D eigenvalue weighted by atomic mass is 79.9. The van der Waals surface area contributed by atoms with Crippen LogP contribution in [0.3, 0.4) is 0 Å². The number of nitrogens with zero attached hydrogens (tertiary/aromatic N) is 2. The normalized spacial score (nSPS) is 33.7. The van der Waals surface area contributed by atoms with Crippen LogP contribution in [0.4, 0.5) is 0 Å². The summed E-state index contributed by atoms with van der Waals surface area (Å²) in [6.45, 7) is 6.15. The van der Waals surface area contributed by atoms with Crippen molar-refractivity contribution < 1.29 is 0 Å². The summed E-state index contributed by atoms with van der Waals surface area (Å²) < 4.78 is 1.17. The maximum absolute atomic E-state index is 3.51. The van der Waals surface area contributed by atoms with E-state index >= 15 is 0 Å². The molecule has 2 nitrogen and oxygen atoms in total. The van der Waals surface area contributed by atoms with E-state index in [1.807, 2.05) is 0 Å². The predicted molar refractivity (Wildman–Crippen MR) is 90.2 cm³/mol. The Kier molecular flexibility index (Phi) is 4.08. The van der Waals surface area contributed by atoms with Crippen molar-refractivity contribution in [2.45, 2.75) is 38.3 Å². The van der Waals surface area contributed by atoms with Crippen LogP contribution in [0, 0.1) is 11.8 Å². The first-order valence-corrected chi connectivity index (χ1v) is 9.28. The lowest BCUT2D eigenvalue weighted by Crippen LogP contribution is -2.51. The van der Waals surface area contributed by atoms with Gasteiger partial charge in [0.1, 0.15) is 0 Å². The number of fused-ring (bicyclic) bond motifs is 2. The molecular formula is C18H25BrN2. The van der Waals surface area contributed by atoms with Crippen LogP contribution in [-0.2, 0) is 6.54 Å². The Labute approximate surface area is 136 Å². The molecule has 21 heavy (non-hydrogen) atoms. The molecule has 0 unspecified atom stereocenters. The van der Waals surface area contributed by atoms with E-state index in [1.165, 1.54) is 61.9 Å². The Balaban J connectivity index is 1.29. The third kappa shape index (κ3) is 3.06. The number of piperazine rings is 1. The Morgan fingerprint density at radius 3 is 2.33 bits per heavy atom. The van der Waals surface area contributed by atoms with Crippen molar-refractivity contribution in [1.82, 2.24) is 9.80 Å². The van der Waals surface area contributed by atoms with Crippen molar-refractivity contribution in [2.75, 3.05) is 26.2 Å². The fraction of sp³-hybridized carbons (Fsp3) is 0.667. The lowest BCUT2D eigenvalue weighted by atomic mass is 9.93. The van der Waals surface area contributed by atoms with Crippen LogP contribution in [0.15, 0.2) is 28.7 Å². The zero-order chi connectivity index (χ0) is 14.2. The van der Waals surface area contributed by atoms with Crippen LogP contribution < -0.4 is 0 Å². The van der Waals surface area contributed by atoms with Gasteiger partial charge in [0.15, 0.2) is 0 Å². The highest BCUT2D eigenvalue weighted by molar-refractivity contribution is 9.10. The van der Waals surface area contributed by atoms with E-state index in [0.717, 1.165) is 24.4 Å². The second-order valence-electron chi connectivity index (χ2n) is 7.18. The monoisotopic (exact) mass is 348 g/mol. The van der Waals surface area contributed by atoms with Crippen LogP contribution in [0.2, 0.25) is 0 Å². The van der Waals surface area contributed by atoms with E-state index in [-0.39, 0.29) is 0 Å². The molecule has 1 aliphatic heterocycles. The lowest BCUT2D eigenvalue weighted by molar-refractivity contribution is 0.0679. The van der Waals surface area contributed by atoms with Crippen molar-refractivity contribution in [2.24, 2.45) is 11.8 Å². The van der Waals surface area contributed by atoms with E-state index < -0.39 is 0 Å². The van der Waals surface area contributed by atoms with Gasteiger partial charge in [0, 0.05) is 43.2 Å². The smallest absolute Gasteiger partial charge is 0.0234 e. The summed E-state index contributed by atoms with van der Waals surface area (Å²) in [7, 11) is 0. The van der Waals surface area contributed by atoms with Gasteiger partial charge < -0.3 is 0 Å². The first-order valence-electron chi connectivity index (χ1n) is 8.49. The fourth-order valence-corrected chi connectivity index (χ4v) is 5.02. The third-order valence-corrected chi connectivity index (χ3v) is 6.42. The SMILES string of the molecule is Brc1ccc(CN2CCN([C@@H]3C[C@H]4CC[C@H]3C4)CC2)cc1. The largest absolute Gasteiger partial charge is 0.298 e. The molecule has 1 heterocycles. The van der Waals surface area contributed by atoms with Gasteiger partial charge in [-0.25, -0.2) is 0 Å². The number of benzene rings is 1. The van der Waals surface area contributed by atoms with Crippen LogP contribution in [0.25, 0.3) is 0 Å². The van der Waals surface area contributed by atoms with Crippen LogP contribution in [-0.4, -0.2) is 42.0 Å². The van der Waals surface area contributed by atoms with Gasteiger partial charge in [0.05, 0.1) is 0 Å². The van der Waals surface area contributed by atoms with Crippen molar-refractivity contribution in [3.63, 3.8) is 0 Å². The fourth-order valence-electron chi connectivity index (χ4n) is 4.76. The Morgan fingerprint density at radius 2 is 1.71 bits per heavy atom. The standard InChI is InChI=1S/C18H25BrN2/c19-17-5-2-14(3-6-17)13-20-7-9-21(10-8-20)18-12-15-1-4-16(18)11-15/h2-3,5-6,15-16,18H,1,4,7-13H2/t15-,16-,18+/m0/s1. The van der Waals surface area contributed by atoms with Crippen molar-refractivity contribution in [3.8, 4) is 0 Å². The van der Waals surface area contributed by atoms with Crippen LogP contribution in [0.1, 0.15) is 31.2 Å². The molecule has 3 atom stereocenters. The number of halogens is 1. The molecule has 3 fully saturated rings. The number of hydrogen-bond donors (Lipinski definition) is 0. The molecular weight excluding hydrogens is 324 g/mol. The van der Waals surface area contributed by atoms with E-state index in [0.29, 0.717) is 0 Å². The van der Waals surface area contributed by atoms with Gasteiger partial charge in [0.25, 0.3) is 0 Å². The highest BCUT2D eigenvalue weighted by Gasteiger charge is 2.42. The minimum atomic E-state index is 0.929. The van der Waals surface area contributed by atoms with Gasteiger partial charge in [-0.1, -0.05) is 34.5 Å². The van der Waals surface area contributed by atoms with Gasteiger partial charge in [-0.05, 0) is 48.8 Å². The summed E-state index contributed by atoms with van der Waals surface area (Å²) in [5, 5.41) is 0. The second-order valence-corrected chi connectivity index (χ2v) is 8.10.